The summed E-state index contributed by atoms with van der Waals surface area (Å²) >= 11 is 5.97. The predicted octanol–water partition coefficient (Wildman–Crippen LogP) is 4.70. The first-order valence-corrected chi connectivity index (χ1v) is 14.4. The molecule has 2 aromatic carbocycles. The minimum absolute atomic E-state index is 0.193. The molecule has 0 saturated heterocycles. The third kappa shape index (κ3) is 8.82. The number of thiophene rings is 1. The van der Waals surface area contributed by atoms with Gasteiger partial charge in [0.2, 0.25) is 11.8 Å². The first kappa shape index (κ1) is 28.0. The average Bonchev–Trinajstić information content (AvgIpc) is 3.37. The summed E-state index contributed by atoms with van der Waals surface area (Å²) in [5.41, 5.74) is 4.13. The molecule has 1 heterocycles. The molecular weight excluding hydrogens is 533 g/mol. The highest BCUT2D eigenvalue weighted by Crippen LogP contribution is 2.31. The number of nitrogens with two attached hydrogens (primary N) is 1. The summed E-state index contributed by atoms with van der Waals surface area (Å²) in [4.78, 5) is 40.5. The van der Waals surface area contributed by atoms with Gasteiger partial charge in [-0.25, -0.2) is 11.3 Å². The maximum atomic E-state index is 12.1. The number of hydrazone groups is 1. The summed E-state index contributed by atoms with van der Waals surface area (Å²) in [5, 5.41) is 4.02. The molecule has 0 aliphatic heterocycles. The lowest BCUT2D eigenvalue weighted by atomic mass is 9.94. The van der Waals surface area contributed by atoms with E-state index < -0.39 is 5.41 Å². The summed E-state index contributed by atoms with van der Waals surface area (Å²) in [7, 11) is 0. The number of aldehydes is 1. The van der Waals surface area contributed by atoms with E-state index in [1.165, 1.54) is 34.9 Å². The largest absolute Gasteiger partial charge is 0.302 e. The van der Waals surface area contributed by atoms with Crippen molar-refractivity contribution in [1.29, 1.82) is 0 Å². The van der Waals surface area contributed by atoms with Crippen LogP contribution in [0.5, 0.6) is 0 Å². The zero-order valence-corrected chi connectivity index (χ0v) is 23.0. The van der Waals surface area contributed by atoms with Crippen LogP contribution in [0.25, 0.3) is 0 Å². The van der Waals surface area contributed by atoms with Gasteiger partial charge in [0.05, 0.1) is 23.1 Å². The fourth-order valence-electron chi connectivity index (χ4n) is 2.71. The van der Waals surface area contributed by atoms with Crippen LogP contribution in [0.3, 0.4) is 0 Å². The van der Waals surface area contributed by atoms with Gasteiger partial charge >= 0.3 is 0 Å². The molecule has 11 heteroatoms. The minimum Gasteiger partial charge on any atom is -0.302 e. The van der Waals surface area contributed by atoms with E-state index in [2.05, 4.69) is 16.0 Å². The number of nitrogens with zero attached hydrogens (tertiary/aromatic N) is 1. The van der Waals surface area contributed by atoms with E-state index in [9.17, 15) is 14.4 Å². The summed E-state index contributed by atoms with van der Waals surface area (Å²) < 4.78 is 0. The van der Waals surface area contributed by atoms with E-state index in [-0.39, 0.29) is 23.3 Å². The Balaban J connectivity index is 1.42. The third-order valence-electron chi connectivity index (χ3n) is 4.72. The van der Waals surface area contributed by atoms with E-state index >= 15 is 0 Å². The molecule has 0 spiro atoms. The van der Waals surface area contributed by atoms with Crippen molar-refractivity contribution in [2.75, 3.05) is 11.5 Å². The van der Waals surface area contributed by atoms with Gasteiger partial charge in [-0.05, 0) is 74.5 Å². The number of hydrazine groups is 1. The molecule has 7 nitrogen and oxygen atoms in total. The van der Waals surface area contributed by atoms with Gasteiger partial charge in [-0.1, -0.05) is 11.8 Å². The fourth-order valence-corrected chi connectivity index (χ4v) is 5.87. The van der Waals surface area contributed by atoms with Crippen LogP contribution in [0, 0.1) is 0 Å². The highest BCUT2D eigenvalue weighted by molar-refractivity contribution is 8.00. The number of carbonyl (C=O) groups excluding carboxylic acids is 3. The van der Waals surface area contributed by atoms with Crippen molar-refractivity contribution in [2.45, 2.75) is 38.8 Å². The maximum Gasteiger partial charge on any atom is 0.250 e. The molecule has 3 rings (SSSR count). The van der Waals surface area contributed by atoms with Crippen LogP contribution in [0.1, 0.15) is 23.6 Å². The zero-order chi connectivity index (χ0) is 26.0. The molecule has 4 N–H and O–H groups in total. The van der Waals surface area contributed by atoms with Crippen LogP contribution in [-0.2, 0) is 19.8 Å². The highest BCUT2D eigenvalue weighted by atomic mass is 32.2. The molecule has 188 valence electrons. The van der Waals surface area contributed by atoms with Crippen molar-refractivity contribution in [2.24, 2.45) is 10.9 Å². The van der Waals surface area contributed by atoms with Gasteiger partial charge in [-0.15, -0.1) is 34.9 Å². The molecule has 0 fully saturated rings. The number of rotatable bonds is 12. The monoisotopic (exact) mass is 558 g/mol. The Hall–Kier alpha value is -2.57. The number of nitrogens with one attached hydrogen (secondary N) is 2. The van der Waals surface area contributed by atoms with Crippen LogP contribution >= 0.6 is 46.6 Å². The number of thioether (sulfide) groups is 2. The van der Waals surface area contributed by atoms with Gasteiger partial charge in [0.15, 0.2) is 0 Å². The van der Waals surface area contributed by atoms with E-state index in [1.54, 1.807) is 18.0 Å². The van der Waals surface area contributed by atoms with Gasteiger partial charge in [0.1, 0.15) is 6.29 Å². The van der Waals surface area contributed by atoms with E-state index in [4.69, 9.17) is 5.84 Å². The molecule has 0 bridgehead atoms. The molecule has 0 atom stereocenters. The Morgan fingerprint density at radius 1 is 0.889 bits per heavy atom. The van der Waals surface area contributed by atoms with E-state index in [1.807, 2.05) is 74.5 Å². The topological polar surface area (TPSA) is 114 Å². The summed E-state index contributed by atoms with van der Waals surface area (Å²) in [6.45, 7) is 3.73. The second kappa shape index (κ2) is 13.7. The predicted molar refractivity (Wildman–Crippen MR) is 150 cm³/mol. The quantitative estimate of drug-likeness (QED) is 0.0737. The molecule has 0 aliphatic rings. The number of hydrogen-bond acceptors (Lipinski definition) is 9. The highest BCUT2D eigenvalue weighted by Gasteiger charge is 2.21. The van der Waals surface area contributed by atoms with Crippen molar-refractivity contribution >= 4 is 70.9 Å². The number of carbonyl (C=O) groups is 3. The van der Waals surface area contributed by atoms with Gasteiger partial charge in [0, 0.05) is 29.3 Å². The van der Waals surface area contributed by atoms with Crippen LogP contribution in [0.2, 0.25) is 0 Å². The Kier molecular flexibility index (Phi) is 10.6. The maximum absolute atomic E-state index is 12.1. The summed E-state index contributed by atoms with van der Waals surface area (Å²) in [5.74, 6) is 5.22. The third-order valence-corrected chi connectivity index (χ3v) is 9.12. The van der Waals surface area contributed by atoms with E-state index in [0.29, 0.717) is 0 Å². The Morgan fingerprint density at radius 3 is 1.94 bits per heavy atom. The molecule has 2 amide bonds. The van der Waals surface area contributed by atoms with Crippen molar-refractivity contribution in [3.8, 4) is 0 Å². The van der Waals surface area contributed by atoms with Gasteiger partial charge < -0.3 is 4.79 Å². The molecule has 0 radical (unpaired) electrons. The minimum atomic E-state index is -0.528. The van der Waals surface area contributed by atoms with Crippen molar-refractivity contribution in [3.05, 3.63) is 70.4 Å². The molecule has 36 heavy (non-hydrogen) atoms. The van der Waals surface area contributed by atoms with Crippen molar-refractivity contribution in [1.82, 2.24) is 10.9 Å². The van der Waals surface area contributed by atoms with Crippen LogP contribution < -0.4 is 16.7 Å². The smallest absolute Gasteiger partial charge is 0.250 e. The second-order valence-electron chi connectivity index (χ2n) is 8.02. The fraction of sp³-hybridized carbons (Fsp3) is 0.200. The lowest BCUT2D eigenvalue weighted by molar-refractivity contribution is -0.119. The second-order valence-corrected chi connectivity index (χ2v) is 12.4. The van der Waals surface area contributed by atoms with Crippen molar-refractivity contribution in [3.63, 3.8) is 0 Å². The lowest BCUT2D eigenvalue weighted by Crippen LogP contribution is -2.31. The first-order chi connectivity index (χ1) is 17.3. The lowest BCUT2D eigenvalue weighted by Gasteiger charge is -2.13. The molecule has 0 aliphatic carbocycles. The average molecular weight is 559 g/mol. The van der Waals surface area contributed by atoms with Crippen LogP contribution in [0.15, 0.2) is 85.3 Å². The van der Waals surface area contributed by atoms with E-state index in [0.717, 1.165) is 35.6 Å². The Bertz CT molecular complexity index is 1210. The van der Waals surface area contributed by atoms with Gasteiger partial charge in [0.25, 0.3) is 0 Å². The molecular formula is C25H26N4O3S4. The Morgan fingerprint density at radius 2 is 1.42 bits per heavy atom. The zero-order valence-electron chi connectivity index (χ0n) is 19.7. The molecule has 1 aromatic heterocycles. The van der Waals surface area contributed by atoms with Gasteiger partial charge in [-0.2, -0.15) is 5.10 Å². The number of amides is 2. The van der Waals surface area contributed by atoms with Crippen LogP contribution in [-0.4, -0.2) is 35.8 Å². The first-order valence-electron chi connectivity index (χ1n) is 10.8. The number of benzene rings is 2. The standard InChI is InChI=1S/C25H26N4O3S4/c1-25(2,16-30)22-12-11-21(36-22)13-27-29-24(32)15-34-18-5-9-20(10-6-18)35-19-7-3-17(4-8-19)33-14-23(31)28-26/h3-13,16H,14-15,26H2,1-2H3,(H,28,31)(H,29,32)/b27-13+. The normalized spacial score (nSPS) is 11.4. The summed E-state index contributed by atoms with van der Waals surface area (Å²) in [6, 6.07) is 19.8. The molecule has 3 aromatic rings. The number of hydrogen-bond donors (Lipinski definition) is 3. The SMILES string of the molecule is CC(C)(C=O)c1ccc(/C=N/NC(=O)CSc2ccc(Sc3ccc(SCC(=O)NN)cc3)cc2)s1. The summed E-state index contributed by atoms with van der Waals surface area (Å²) in [6.07, 6.45) is 2.52. The van der Waals surface area contributed by atoms with Crippen LogP contribution in [0.4, 0.5) is 0 Å². The van der Waals surface area contributed by atoms with Crippen molar-refractivity contribution < 1.29 is 14.4 Å². The molecule has 0 saturated carbocycles. The van der Waals surface area contributed by atoms with Gasteiger partial charge in [-0.3, -0.25) is 15.0 Å². The Labute approximate surface area is 227 Å². The molecule has 0 unspecified atom stereocenters.